The number of ether oxygens (including phenoxy) is 1. The minimum atomic E-state index is -0.0237. The van der Waals surface area contributed by atoms with Crippen LogP contribution < -0.4 is 10.3 Å². The summed E-state index contributed by atoms with van der Waals surface area (Å²) in [7, 11) is 0. The number of nitrogens with zero attached hydrogens (tertiary/aromatic N) is 2. The Balaban J connectivity index is 1.59. The summed E-state index contributed by atoms with van der Waals surface area (Å²) >= 11 is 3.05. The van der Waals surface area contributed by atoms with E-state index < -0.39 is 0 Å². The third-order valence-corrected chi connectivity index (χ3v) is 6.92. The first-order chi connectivity index (χ1) is 15.5. The van der Waals surface area contributed by atoms with Gasteiger partial charge in [-0.25, -0.2) is 4.98 Å². The van der Waals surface area contributed by atoms with Gasteiger partial charge in [-0.2, -0.15) is 0 Å². The fraction of sp³-hybridized carbons (Fsp3) is 0.231. The predicted octanol–water partition coefficient (Wildman–Crippen LogP) is 6.41. The van der Waals surface area contributed by atoms with Crippen LogP contribution in [0.1, 0.15) is 16.7 Å². The van der Waals surface area contributed by atoms with Crippen LogP contribution in [0.15, 0.2) is 70.5 Å². The van der Waals surface area contributed by atoms with Gasteiger partial charge in [-0.05, 0) is 49.6 Å². The van der Waals surface area contributed by atoms with E-state index in [2.05, 4.69) is 57.7 Å². The Bertz CT molecular complexity index is 1300. The van der Waals surface area contributed by atoms with E-state index in [1.54, 1.807) is 10.6 Å². The van der Waals surface area contributed by atoms with Gasteiger partial charge in [0.15, 0.2) is 5.16 Å². The normalized spacial score (nSPS) is 11.1. The van der Waals surface area contributed by atoms with Crippen molar-refractivity contribution in [3.05, 3.63) is 87.5 Å². The summed E-state index contributed by atoms with van der Waals surface area (Å²) in [4.78, 5) is 19.0. The zero-order valence-corrected chi connectivity index (χ0v) is 20.2. The molecule has 2 heterocycles. The monoisotopic (exact) mass is 462 g/mol. The highest BCUT2D eigenvalue weighted by molar-refractivity contribution is 7.99. The molecule has 4 nitrogen and oxygen atoms in total. The molecule has 0 N–H and O–H groups in total. The Kier molecular flexibility index (Phi) is 6.82. The molecule has 0 spiro atoms. The van der Waals surface area contributed by atoms with E-state index in [1.165, 1.54) is 39.8 Å². The zero-order valence-electron chi connectivity index (χ0n) is 18.6. The standard InChI is InChI=1S/C26H26N2O2S2/c1-5-10-28-25(29)23-22(20-8-6-17(2)7-9-20)16-32-24(23)27-26(28)31-12-11-30-21-14-18(3)13-19(4)15-21/h5-9,13-16H,1,10-12H2,2-4H3. The van der Waals surface area contributed by atoms with Crippen molar-refractivity contribution in [1.29, 1.82) is 0 Å². The summed E-state index contributed by atoms with van der Waals surface area (Å²) in [6, 6.07) is 14.4. The van der Waals surface area contributed by atoms with E-state index >= 15 is 0 Å². The quantitative estimate of drug-likeness (QED) is 0.131. The topological polar surface area (TPSA) is 44.1 Å². The van der Waals surface area contributed by atoms with Crippen LogP contribution in [0.4, 0.5) is 0 Å². The second kappa shape index (κ2) is 9.76. The maximum absolute atomic E-state index is 13.4. The number of thiophene rings is 1. The minimum absolute atomic E-state index is 0.0237. The van der Waals surface area contributed by atoms with Gasteiger partial charge in [-0.3, -0.25) is 9.36 Å². The largest absolute Gasteiger partial charge is 0.493 e. The number of hydrogen-bond acceptors (Lipinski definition) is 5. The predicted molar refractivity (Wildman–Crippen MR) is 136 cm³/mol. The van der Waals surface area contributed by atoms with Crippen LogP contribution in [0.3, 0.4) is 0 Å². The fourth-order valence-corrected chi connectivity index (χ4v) is 5.47. The first-order valence-electron chi connectivity index (χ1n) is 10.5. The summed E-state index contributed by atoms with van der Waals surface area (Å²) in [5.74, 6) is 1.56. The van der Waals surface area contributed by atoms with E-state index in [4.69, 9.17) is 9.72 Å². The van der Waals surface area contributed by atoms with Gasteiger partial charge in [0.25, 0.3) is 5.56 Å². The second-order valence-electron chi connectivity index (χ2n) is 7.81. The van der Waals surface area contributed by atoms with Gasteiger partial charge in [0, 0.05) is 23.2 Å². The molecule has 0 aliphatic heterocycles. The number of rotatable bonds is 8. The number of allylic oxidation sites excluding steroid dienone is 1. The number of benzene rings is 2. The summed E-state index contributed by atoms with van der Waals surface area (Å²) in [6.07, 6.45) is 1.74. The third-order valence-electron chi connectivity index (χ3n) is 5.11. The highest BCUT2D eigenvalue weighted by atomic mass is 32.2. The molecule has 0 aliphatic rings. The average molecular weight is 463 g/mol. The van der Waals surface area contributed by atoms with E-state index in [0.717, 1.165) is 21.7 Å². The molecule has 4 rings (SSSR count). The van der Waals surface area contributed by atoms with Crippen LogP contribution in [0.2, 0.25) is 0 Å². The molecule has 0 radical (unpaired) electrons. The van der Waals surface area contributed by atoms with Gasteiger partial charge < -0.3 is 4.74 Å². The van der Waals surface area contributed by atoms with Crippen molar-refractivity contribution in [2.45, 2.75) is 32.5 Å². The molecule has 2 aromatic carbocycles. The molecule has 2 aromatic heterocycles. The number of aryl methyl sites for hydroxylation is 3. The molecule has 164 valence electrons. The van der Waals surface area contributed by atoms with Crippen molar-refractivity contribution in [2.75, 3.05) is 12.4 Å². The summed E-state index contributed by atoms with van der Waals surface area (Å²) in [5.41, 5.74) is 5.51. The van der Waals surface area contributed by atoms with Crippen molar-refractivity contribution >= 4 is 33.3 Å². The molecule has 6 heteroatoms. The third kappa shape index (κ3) is 4.81. The molecule has 0 saturated heterocycles. The molecule has 0 fully saturated rings. The van der Waals surface area contributed by atoms with E-state index in [0.29, 0.717) is 29.4 Å². The maximum Gasteiger partial charge on any atom is 0.263 e. The molecule has 4 aromatic rings. The van der Waals surface area contributed by atoms with Gasteiger partial charge in [0.05, 0.1) is 12.0 Å². The van der Waals surface area contributed by atoms with Crippen LogP contribution in [0.5, 0.6) is 5.75 Å². The molecule has 0 unspecified atom stereocenters. The summed E-state index contributed by atoms with van der Waals surface area (Å²) in [5, 5.41) is 3.40. The highest BCUT2D eigenvalue weighted by Gasteiger charge is 2.17. The smallest absolute Gasteiger partial charge is 0.263 e. The van der Waals surface area contributed by atoms with E-state index in [1.807, 2.05) is 17.5 Å². The Morgan fingerprint density at radius 2 is 1.81 bits per heavy atom. The summed E-state index contributed by atoms with van der Waals surface area (Å²) in [6.45, 7) is 11.0. The van der Waals surface area contributed by atoms with Crippen LogP contribution in [-0.2, 0) is 6.54 Å². The molecule has 0 aliphatic carbocycles. The second-order valence-corrected chi connectivity index (χ2v) is 9.73. The first kappa shape index (κ1) is 22.4. The maximum atomic E-state index is 13.4. The lowest BCUT2D eigenvalue weighted by atomic mass is 10.1. The molecular formula is C26H26N2O2S2. The molecule has 32 heavy (non-hydrogen) atoms. The first-order valence-corrected chi connectivity index (χ1v) is 12.4. The number of fused-ring (bicyclic) bond motifs is 1. The van der Waals surface area contributed by atoms with Gasteiger partial charge in [0.1, 0.15) is 10.6 Å². The van der Waals surface area contributed by atoms with Crippen molar-refractivity contribution in [2.24, 2.45) is 0 Å². The Morgan fingerprint density at radius 1 is 1.09 bits per heavy atom. The van der Waals surface area contributed by atoms with Crippen LogP contribution in [0.25, 0.3) is 21.3 Å². The van der Waals surface area contributed by atoms with Crippen molar-refractivity contribution < 1.29 is 4.74 Å². The molecule has 0 amide bonds. The van der Waals surface area contributed by atoms with Gasteiger partial charge in [-0.1, -0.05) is 53.7 Å². The molecular weight excluding hydrogens is 436 g/mol. The number of aromatic nitrogens is 2. The van der Waals surface area contributed by atoms with Crippen molar-refractivity contribution in [3.8, 4) is 16.9 Å². The number of hydrogen-bond donors (Lipinski definition) is 0. The van der Waals surface area contributed by atoms with E-state index in [-0.39, 0.29) is 5.56 Å². The van der Waals surface area contributed by atoms with E-state index in [9.17, 15) is 4.79 Å². The molecule has 0 bridgehead atoms. The Morgan fingerprint density at radius 3 is 2.50 bits per heavy atom. The lowest BCUT2D eigenvalue weighted by Crippen LogP contribution is -2.23. The lowest BCUT2D eigenvalue weighted by Gasteiger charge is -2.12. The Labute approximate surface area is 196 Å². The van der Waals surface area contributed by atoms with Crippen LogP contribution >= 0.6 is 23.1 Å². The van der Waals surface area contributed by atoms with Crippen LogP contribution in [0, 0.1) is 20.8 Å². The lowest BCUT2D eigenvalue weighted by molar-refractivity contribution is 0.343. The van der Waals surface area contributed by atoms with Gasteiger partial charge in [0.2, 0.25) is 0 Å². The SMILES string of the molecule is C=CCn1c(SCCOc2cc(C)cc(C)c2)nc2scc(-c3ccc(C)cc3)c2c1=O. The minimum Gasteiger partial charge on any atom is -0.493 e. The summed E-state index contributed by atoms with van der Waals surface area (Å²) < 4.78 is 7.63. The Hall–Kier alpha value is -2.83. The van der Waals surface area contributed by atoms with Gasteiger partial charge in [-0.15, -0.1) is 17.9 Å². The zero-order chi connectivity index (χ0) is 22.7. The van der Waals surface area contributed by atoms with Crippen molar-refractivity contribution in [3.63, 3.8) is 0 Å². The fourth-order valence-electron chi connectivity index (χ4n) is 3.66. The van der Waals surface area contributed by atoms with Crippen molar-refractivity contribution in [1.82, 2.24) is 9.55 Å². The average Bonchev–Trinajstić information content (AvgIpc) is 3.18. The molecule has 0 saturated carbocycles. The highest BCUT2D eigenvalue weighted by Crippen LogP contribution is 2.32. The number of thioether (sulfide) groups is 1. The van der Waals surface area contributed by atoms with Gasteiger partial charge >= 0.3 is 0 Å². The van der Waals surface area contributed by atoms with Crippen LogP contribution in [-0.4, -0.2) is 21.9 Å². The molecule has 0 atom stereocenters.